The Kier molecular flexibility index (Phi) is 2.71. The molecule has 0 aliphatic rings. The summed E-state index contributed by atoms with van der Waals surface area (Å²) in [5.41, 5.74) is 0. The number of alkyl halides is 3. The van der Waals surface area contributed by atoms with Crippen LogP contribution in [0.1, 0.15) is 0 Å². The van der Waals surface area contributed by atoms with E-state index in [2.05, 4.69) is 15.9 Å². The summed E-state index contributed by atoms with van der Waals surface area (Å²) < 4.78 is 33.2. The minimum Gasteiger partial charge on any atom is -0.192 e. The fourth-order valence-corrected chi connectivity index (χ4v) is 0.436. The highest BCUT2D eigenvalue weighted by Crippen LogP contribution is 2.20. The Morgan fingerprint density at radius 1 is 1.56 bits per heavy atom. The van der Waals surface area contributed by atoms with Crippen molar-refractivity contribution in [3.63, 3.8) is 0 Å². The number of rotatable bonds is 0. The summed E-state index contributed by atoms with van der Waals surface area (Å²) in [6.45, 7) is 0. The molecular formula is C4HBrF3N. The maximum atomic E-state index is 11.2. The molecule has 0 amide bonds. The number of hydrogen-bond donors (Lipinski definition) is 0. The standard InChI is InChI=1S/C4HBrF3N/c5-3(2-9)1-4(6,7)8/h1H. The lowest BCUT2D eigenvalue weighted by atomic mass is 10.5. The molecular weight excluding hydrogens is 199 g/mol. The first-order valence-corrected chi connectivity index (χ1v) is 2.60. The average molecular weight is 200 g/mol. The van der Waals surface area contributed by atoms with E-state index >= 15 is 0 Å². The van der Waals surface area contributed by atoms with Crippen LogP contribution in [0.4, 0.5) is 13.2 Å². The van der Waals surface area contributed by atoms with Gasteiger partial charge in [0.2, 0.25) is 0 Å². The summed E-state index contributed by atoms with van der Waals surface area (Å²) in [5, 5.41) is 7.83. The lowest BCUT2D eigenvalue weighted by Crippen LogP contribution is -2.01. The minimum absolute atomic E-state index is 0.118. The van der Waals surface area contributed by atoms with Crippen LogP contribution in [0.2, 0.25) is 0 Å². The van der Waals surface area contributed by atoms with Crippen LogP contribution in [-0.4, -0.2) is 6.18 Å². The first kappa shape index (κ1) is 8.50. The van der Waals surface area contributed by atoms with Crippen molar-refractivity contribution in [1.82, 2.24) is 0 Å². The Bertz CT molecular complexity index is 164. The van der Waals surface area contributed by atoms with Crippen molar-refractivity contribution in [3.05, 3.63) is 10.6 Å². The zero-order valence-corrected chi connectivity index (χ0v) is 5.62. The summed E-state index contributed by atoms with van der Waals surface area (Å²) in [5.74, 6) is 0. The molecule has 0 atom stereocenters. The molecule has 0 heterocycles. The molecule has 0 fully saturated rings. The number of nitrogens with zero attached hydrogens (tertiary/aromatic N) is 1. The van der Waals surface area contributed by atoms with Gasteiger partial charge in [0.25, 0.3) is 0 Å². The van der Waals surface area contributed by atoms with Gasteiger partial charge in [-0.25, -0.2) is 0 Å². The molecule has 0 aromatic rings. The molecule has 0 aromatic heterocycles. The number of nitriles is 1. The number of allylic oxidation sites excluding steroid dienone is 2. The SMILES string of the molecule is N#CC(Br)=CC(F)(F)F. The van der Waals surface area contributed by atoms with Crippen LogP contribution >= 0.6 is 15.9 Å². The molecule has 50 valence electrons. The van der Waals surface area contributed by atoms with E-state index in [9.17, 15) is 13.2 Å². The van der Waals surface area contributed by atoms with Crippen molar-refractivity contribution in [3.8, 4) is 6.07 Å². The topological polar surface area (TPSA) is 23.8 Å². The molecule has 0 N–H and O–H groups in total. The molecule has 0 aliphatic heterocycles. The van der Waals surface area contributed by atoms with Crippen LogP contribution in [0.5, 0.6) is 0 Å². The lowest BCUT2D eigenvalue weighted by molar-refractivity contribution is -0.0799. The summed E-state index contributed by atoms with van der Waals surface area (Å²) in [4.78, 5) is 0. The van der Waals surface area contributed by atoms with Crippen molar-refractivity contribution < 1.29 is 13.2 Å². The van der Waals surface area contributed by atoms with Crippen molar-refractivity contribution >= 4 is 15.9 Å². The van der Waals surface area contributed by atoms with E-state index in [0.29, 0.717) is 0 Å². The van der Waals surface area contributed by atoms with Gasteiger partial charge >= 0.3 is 6.18 Å². The third-order valence-corrected chi connectivity index (χ3v) is 0.803. The molecule has 0 spiro atoms. The van der Waals surface area contributed by atoms with Crippen molar-refractivity contribution in [2.45, 2.75) is 6.18 Å². The van der Waals surface area contributed by atoms with Crippen LogP contribution in [0, 0.1) is 11.3 Å². The molecule has 1 nitrogen and oxygen atoms in total. The highest BCUT2D eigenvalue weighted by atomic mass is 79.9. The number of hydrogen-bond acceptors (Lipinski definition) is 1. The molecule has 5 heteroatoms. The van der Waals surface area contributed by atoms with Crippen molar-refractivity contribution in [1.29, 1.82) is 5.26 Å². The highest BCUT2D eigenvalue weighted by Gasteiger charge is 2.23. The van der Waals surface area contributed by atoms with Gasteiger partial charge in [-0.2, -0.15) is 18.4 Å². The van der Waals surface area contributed by atoms with Crippen LogP contribution in [-0.2, 0) is 0 Å². The van der Waals surface area contributed by atoms with Gasteiger partial charge in [0.1, 0.15) is 6.07 Å². The highest BCUT2D eigenvalue weighted by molar-refractivity contribution is 9.12. The number of halogens is 4. The fourth-order valence-electron chi connectivity index (χ4n) is 0.176. The van der Waals surface area contributed by atoms with Gasteiger partial charge in [-0.05, 0) is 15.9 Å². The Labute approximate surface area is 57.9 Å². The maximum absolute atomic E-state index is 11.2. The second kappa shape index (κ2) is 2.87. The first-order valence-electron chi connectivity index (χ1n) is 1.81. The summed E-state index contributed by atoms with van der Waals surface area (Å²) in [6, 6.07) is 1.28. The van der Waals surface area contributed by atoms with E-state index in [-0.39, 0.29) is 6.08 Å². The second-order valence-electron chi connectivity index (χ2n) is 1.15. The van der Waals surface area contributed by atoms with Gasteiger partial charge in [0.05, 0.1) is 4.48 Å². The molecule has 9 heavy (non-hydrogen) atoms. The normalized spacial score (nSPS) is 13.0. The maximum Gasteiger partial charge on any atom is 0.411 e. The van der Waals surface area contributed by atoms with Gasteiger partial charge in [0.15, 0.2) is 0 Å². The quantitative estimate of drug-likeness (QED) is 0.550. The molecule has 0 unspecified atom stereocenters. The van der Waals surface area contributed by atoms with E-state index in [0.717, 1.165) is 0 Å². The molecule has 0 saturated carbocycles. The van der Waals surface area contributed by atoms with Crippen LogP contribution in [0.3, 0.4) is 0 Å². The van der Waals surface area contributed by atoms with Crippen molar-refractivity contribution in [2.24, 2.45) is 0 Å². The van der Waals surface area contributed by atoms with Crippen LogP contribution in [0.15, 0.2) is 10.6 Å². The molecule has 0 radical (unpaired) electrons. The van der Waals surface area contributed by atoms with Crippen LogP contribution < -0.4 is 0 Å². The predicted molar refractivity (Wildman–Crippen MR) is 28.7 cm³/mol. The summed E-state index contributed by atoms with van der Waals surface area (Å²) >= 11 is 2.39. The van der Waals surface area contributed by atoms with Gasteiger partial charge in [-0.3, -0.25) is 0 Å². The zero-order chi connectivity index (χ0) is 7.49. The van der Waals surface area contributed by atoms with E-state index < -0.39 is 10.7 Å². The van der Waals surface area contributed by atoms with Gasteiger partial charge in [-0.1, -0.05) is 0 Å². The Morgan fingerprint density at radius 2 is 2.00 bits per heavy atom. The zero-order valence-electron chi connectivity index (χ0n) is 4.04. The van der Waals surface area contributed by atoms with E-state index in [1.54, 1.807) is 0 Å². The smallest absolute Gasteiger partial charge is 0.192 e. The molecule has 0 saturated heterocycles. The Hall–Kier alpha value is -0.500. The molecule has 0 aliphatic carbocycles. The van der Waals surface area contributed by atoms with E-state index in [4.69, 9.17) is 5.26 Å². The van der Waals surface area contributed by atoms with Gasteiger partial charge in [0, 0.05) is 6.08 Å². The molecule has 0 bridgehead atoms. The van der Waals surface area contributed by atoms with E-state index in [1.165, 1.54) is 6.07 Å². The Balaban J connectivity index is 4.17. The lowest BCUT2D eigenvalue weighted by Gasteiger charge is -1.95. The Morgan fingerprint density at radius 3 is 2.11 bits per heavy atom. The monoisotopic (exact) mass is 199 g/mol. The minimum atomic E-state index is -4.41. The van der Waals surface area contributed by atoms with Gasteiger partial charge in [-0.15, -0.1) is 0 Å². The van der Waals surface area contributed by atoms with Gasteiger partial charge < -0.3 is 0 Å². The third kappa shape index (κ3) is 5.37. The van der Waals surface area contributed by atoms with Crippen LogP contribution in [0.25, 0.3) is 0 Å². The average Bonchev–Trinajstić information content (AvgIpc) is 1.62. The molecule has 0 rings (SSSR count). The van der Waals surface area contributed by atoms with E-state index in [1.807, 2.05) is 0 Å². The van der Waals surface area contributed by atoms with Crippen molar-refractivity contribution in [2.75, 3.05) is 0 Å². The first-order chi connectivity index (χ1) is 3.95. The summed E-state index contributed by atoms with van der Waals surface area (Å²) in [6.07, 6.45) is -4.53. The summed E-state index contributed by atoms with van der Waals surface area (Å²) in [7, 11) is 0. The second-order valence-corrected chi connectivity index (χ2v) is 2.00. The fraction of sp³-hybridized carbons (Fsp3) is 0.250. The third-order valence-electron chi connectivity index (χ3n) is 0.397. The predicted octanol–water partition coefficient (Wildman–Crippen LogP) is 2.35. The molecule has 0 aromatic carbocycles. The largest absolute Gasteiger partial charge is 0.411 e.